The predicted octanol–water partition coefficient (Wildman–Crippen LogP) is 0.842. The Labute approximate surface area is 70.1 Å². The van der Waals surface area contributed by atoms with Gasteiger partial charge in [0.05, 0.1) is 5.56 Å². The van der Waals surface area contributed by atoms with Gasteiger partial charge >= 0.3 is 5.97 Å². The van der Waals surface area contributed by atoms with Gasteiger partial charge in [0.15, 0.2) is 6.79 Å². The second-order valence-electron chi connectivity index (χ2n) is 2.08. The Bertz CT molecular complexity index is 248. The Kier molecular flexibility index (Phi) is 3.22. The fourth-order valence-corrected chi connectivity index (χ4v) is 0.679. The summed E-state index contributed by atoms with van der Waals surface area (Å²) in [6.07, 6.45) is 3.03. The molecule has 1 heterocycles. The van der Waals surface area contributed by atoms with Crippen LogP contribution in [0.3, 0.4) is 0 Å². The minimum atomic E-state index is -0.426. The van der Waals surface area contributed by atoms with Crippen LogP contribution in [0.25, 0.3) is 0 Å². The Balaban J connectivity index is 2.54. The molecule has 4 nitrogen and oxygen atoms in total. The lowest BCUT2D eigenvalue weighted by Gasteiger charge is -2.01. The van der Waals surface area contributed by atoms with E-state index in [1.54, 1.807) is 18.3 Å². The van der Waals surface area contributed by atoms with Crippen molar-refractivity contribution in [2.45, 2.75) is 0 Å². The summed E-state index contributed by atoms with van der Waals surface area (Å²) in [6.45, 7) is -0.0340. The summed E-state index contributed by atoms with van der Waals surface area (Å²) in [6, 6.07) is 3.30. The van der Waals surface area contributed by atoms with Crippen LogP contribution in [0.2, 0.25) is 0 Å². The number of aromatic nitrogens is 1. The summed E-state index contributed by atoms with van der Waals surface area (Å²) in [5.74, 6) is -0.426. The van der Waals surface area contributed by atoms with Gasteiger partial charge in [-0.05, 0) is 12.1 Å². The maximum Gasteiger partial charge on any atom is 0.341 e. The van der Waals surface area contributed by atoms with Crippen molar-refractivity contribution in [3.05, 3.63) is 30.1 Å². The number of nitrogens with zero attached hydrogens (tertiary/aromatic N) is 1. The van der Waals surface area contributed by atoms with E-state index < -0.39 is 5.97 Å². The summed E-state index contributed by atoms with van der Waals surface area (Å²) in [5, 5.41) is 0. The van der Waals surface area contributed by atoms with Crippen LogP contribution in [0, 0.1) is 0 Å². The van der Waals surface area contributed by atoms with Crippen LogP contribution in [0.1, 0.15) is 10.4 Å². The van der Waals surface area contributed by atoms with Gasteiger partial charge in [-0.3, -0.25) is 4.98 Å². The molecule has 0 saturated carbocycles. The first kappa shape index (κ1) is 8.67. The van der Waals surface area contributed by atoms with E-state index in [9.17, 15) is 4.79 Å². The van der Waals surface area contributed by atoms with Gasteiger partial charge in [0.2, 0.25) is 0 Å². The quantitative estimate of drug-likeness (QED) is 0.494. The molecule has 1 aromatic heterocycles. The second kappa shape index (κ2) is 4.46. The molecule has 0 saturated heterocycles. The lowest BCUT2D eigenvalue weighted by atomic mass is 10.3. The molecule has 1 aromatic rings. The molecule has 4 heteroatoms. The van der Waals surface area contributed by atoms with Gasteiger partial charge in [-0.15, -0.1) is 0 Å². The van der Waals surface area contributed by atoms with E-state index >= 15 is 0 Å². The molecule has 0 radical (unpaired) electrons. The molecule has 12 heavy (non-hydrogen) atoms. The molecule has 0 aliphatic rings. The van der Waals surface area contributed by atoms with Gasteiger partial charge in [-0.1, -0.05) is 0 Å². The van der Waals surface area contributed by atoms with Gasteiger partial charge in [0.1, 0.15) is 0 Å². The van der Waals surface area contributed by atoms with Crippen molar-refractivity contribution >= 4 is 5.97 Å². The van der Waals surface area contributed by atoms with Crippen LogP contribution in [0.15, 0.2) is 24.5 Å². The van der Waals surface area contributed by atoms with Crippen molar-refractivity contribution in [3.8, 4) is 0 Å². The van der Waals surface area contributed by atoms with Gasteiger partial charge in [0, 0.05) is 19.5 Å². The average molecular weight is 167 g/mol. The lowest BCUT2D eigenvalue weighted by molar-refractivity contribution is -0.0125. The maximum atomic E-state index is 11.1. The molecule has 0 aromatic carbocycles. The number of carbonyl (C=O) groups is 1. The molecular weight excluding hydrogens is 158 g/mol. The molecule has 0 spiro atoms. The van der Waals surface area contributed by atoms with E-state index in [1.807, 2.05) is 0 Å². The summed E-state index contributed by atoms with van der Waals surface area (Å²) in [5.41, 5.74) is 0.426. The standard InChI is InChI=1S/C8H9NO3/c1-11-6-12-8(10)7-3-2-4-9-5-7/h2-5H,6H2,1H3. The van der Waals surface area contributed by atoms with Crippen molar-refractivity contribution < 1.29 is 14.3 Å². The first-order valence-corrected chi connectivity index (χ1v) is 3.40. The molecule has 0 unspecified atom stereocenters. The van der Waals surface area contributed by atoms with Crippen LogP contribution >= 0.6 is 0 Å². The molecule has 0 atom stereocenters. The molecule has 0 bridgehead atoms. The number of methoxy groups -OCH3 is 1. The number of ether oxygens (including phenoxy) is 2. The first-order chi connectivity index (χ1) is 5.84. The Hall–Kier alpha value is -1.42. The zero-order valence-corrected chi connectivity index (χ0v) is 6.69. The molecule has 0 N–H and O–H groups in total. The highest BCUT2D eigenvalue weighted by Gasteiger charge is 2.04. The summed E-state index contributed by atoms with van der Waals surface area (Å²) >= 11 is 0. The van der Waals surface area contributed by atoms with Crippen LogP contribution in [-0.2, 0) is 9.47 Å². The Morgan fingerprint density at radius 3 is 3.08 bits per heavy atom. The minimum Gasteiger partial charge on any atom is -0.435 e. The summed E-state index contributed by atoms with van der Waals surface area (Å²) < 4.78 is 9.25. The fraction of sp³-hybridized carbons (Fsp3) is 0.250. The van der Waals surface area contributed by atoms with Crippen LogP contribution in [0.5, 0.6) is 0 Å². The Morgan fingerprint density at radius 2 is 2.50 bits per heavy atom. The number of carbonyl (C=O) groups excluding carboxylic acids is 1. The van der Waals surface area contributed by atoms with Crippen LogP contribution < -0.4 is 0 Å². The zero-order valence-electron chi connectivity index (χ0n) is 6.69. The lowest BCUT2D eigenvalue weighted by Crippen LogP contribution is -2.07. The van der Waals surface area contributed by atoms with Crippen molar-refractivity contribution in [2.75, 3.05) is 13.9 Å². The first-order valence-electron chi connectivity index (χ1n) is 3.40. The number of hydrogen-bond donors (Lipinski definition) is 0. The van der Waals surface area contributed by atoms with Crippen molar-refractivity contribution in [2.24, 2.45) is 0 Å². The maximum absolute atomic E-state index is 11.1. The van der Waals surface area contributed by atoms with E-state index in [2.05, 4.69) is 14.5 Å². The third-order valence-corrected chi connectivity index (χ3v) is 1.21. The molecular formula is C8H9NO3. The SMILES string of the molecule is COCOC(=O)c1cccnc1. The van der Waals surface area contributed by atoms with Crippen molar-refractivity contribution in [3.63, 3.8) is 0 Å². The van der Waals surface area contributed by atoms with Gasteiger partial charge < -0.3 is 9.47 Å². The monoisotopic (exact) mass is 167 g/mol. The summed E-state index contributed by atoms with van der Waals surface area (Å²) in [7, 11) is 1.45. The Morgan fingerprint density at radius 1 is 1.67 bits per heavy atom. The highest BCUT2D eigenvalue weighted by atomic mass is 16.7. The van der Waals surface area contributed by atoms with Gasteiger partial charge in [-0.25, -0.2) is 4.79 Å². The molecule has 0 aliphatic carbocycles. The number of rotatable bonds is 3. The normalized spacial score (nSPS) is 9.42. The number of pyridine rings is 1. The molecule has 0 amide bonds. The van der Waals surface area contributed by atoms with Gasteiger partial charge in [-0.2, -0.15) is 0 Å². The van der Waals surface area contributed by atoms with Crippen molar-refractivity contribution in [1.29, 1.82) is 0 Å². The fourth-order valence-electron chi connectivity index (χ4n) is 0.679. The van der Waals surface area contributed by atoms with Crippen LogP contribution in [-0.4, -0.2) is 24.9 Å². The topological polar surface area (TPSA) is 48.4 Å². The molecule has 1 rings (SSSR count). The minimum absolute atomic E-state index is 0.0340. The van der Waals surface area contributed by atoms with E-state index in [0.29, 0.717) is 5.56 Å². The van der Waals surface area contributed by atoms with E-state index in [-0.39, 0.29) is 6.79 Å². The van der Waals surface area contributed by atoms with E-state index in [4.69, 9.17) is 0 Å². The smallest absolute Gasteiger partial charge is 0.341 e. The zero-order chi connectivity index (χ0) is 8.81. The van der Waals surface area contributed by atoms with Crippen molar-refractivity contribution in [1.82, 2.24) is 4.98 Å². The predicted molar refractivity (Wildman–Crippen MR) is 41.5 cm³/mol. The van der Waals surface area contributed by atoms with Gasteiger partial charge in [0.25, 0.3) is 0 Å². The third-order valence-electron chi connectivity index (χ3n) is 1.21. The average Bonchev–Trinajstić information content (AvgIpc) is 2.15. The molecule has 0 aliphatic heterocycles. The molecule has 0 fully saturated rings. The third kappa shape index (κ3) is 2.32. The number of hydrogen-bond acceptors (Lipinski definition) is 4. The molecule has 64 valence electrons. The van der Waals surface area contributed by atoms with E-state index in [1.165, 1.54) is 13.3 Å². The van der Waals surface area contributed by atoms with Crippen LogP contribution in [0.4, 0.5) is 0 Å². The highest BCUT2D eigenvalue weighted by Crippen LogP contribution is 1.97. The number of esters is 1. The second-order valence-corrected chi connectivity index (χ2v) is 2.08. The van der Waals surface area contributed by atoms with E-state index in [0.717, 1.165) is 0 Å². The largest absolute Gasteiger partial charge is 0.435 e. The highest BCUT2D eigenvalue weighted by molar-refractivity contribution is 5.88. The summed E-state index contributed by atoms with van der Waals surface area (Å²) in [4.78, 5) is 14.8.